The van der Waals surface area contributed by atoms with Gasteiger partial charge in [-0.15, -0.1) is 0 Å². The summed E-state index contributed by atoms with van der Waals surface area (Å²) in [5.41, 5.74) is 1.89. The number of nitrogens with zero attached hydrogens (tertiary/aromatic N) is 3. The predicted octanol–water partition coefficient (Wildman–Crippen LogP) is 1.05. The Labute approximate surface area is 114 Å². The van der Waals surface area contributed by atoms with Crippen LogP contribution in [-0.2, 0) is 18.3 Å². The van der Waals surface area contributed by atoms with Gasteiger partial charge in [-0.2, -0.15) is 5.10 Å². The van der Waals surface area contributed by atoms with Crippen LogP contribution in [0.5, 0.6) is 0 Å². The van der Waals surface area contributed by atoms with Crippen molar-refractivity contribution in [3.8, 4) is 0 Å². The molecular formula is C12H23ClN4O. The summed E-state index contributed by atoms with van der Waals surface area (Å²) in [4.78, 5) is 2.10. The van der Waals surface area contributed by atoms with Crippen molar-refractivity contribution in [3.05, 3.63) is 16.4 Å². The van der Waals surface area contributed by atoms with Crippen molar-refractivity contribution in [2.45, 2.75) is 13.5 Å². The molecule has 0 atom stereocenters. The van der Waals surface area contributed by atoms with Crippen LogP contribution in [0.3, 0.4) is 0 Å². The van der Waals surface area contributed by atoms with Crippen molar-refractivity contribution in [2.75, 3.05) is 40.4 Å². The molecule has 6 heteroatoms. The Morgan fingerprint density at radius 3 is 2.67 bits per heavy atom. The molecule has 1 aromatic heterocycles. The molecule has 1 rings (SSSR count). The summed E-state index contributed by atoms with van der Waals surface area (Å²) in [5.74, 6) is 0. The molecule has 0 spiro atoms. The fraction of sp³-hybridized carbons (Fsp3) is 0.750. The summed E-state index contributed by atoms with van der Waals surface area (Å²) in [6.07, 6.45) is 0. The molecule has 0 bridgehead atoms. The fourth-order valence-electron chi connectivity index (χ4n) is 1.57. The van der Waals surface area contributed by atoms with Gasteiger partial charge in [-0.05, 0) is 21.0 Å². The zero-order valence-electron chi connectivity index (χ0n) is 11.7. The van der Waals surface area contributed by atoms with E-state index in [0.717, 1.165) is 36.1 Å². The first kappa shape index (κ1) is 15.4. The number of aromatic nitrogens is 2. The number of hydrogen-bond donors (Lipinski definition) is 1. The Morgan fingerprint density at radius 1 is 1.39 bits per heavy atom. The normalized spacial score (nSPS) is 11.4. The summed E-state index contributed by atoms with van der Waals surface area (Å²) in [6.45, 7) is 5.87. The minimum absolute atomic E-state index is 0.711. The number of ether oxygens (including phenoxy) is 1. The lowest BCUT2D eigenvalue weighted by molar-refractivity contribution is 0.119. The molecule has 0 saturated carbocycles. The zero-order valence-corrected chi connectivity index (χ0v) is 12.4. The van der Waals surface area contributed by atoms with Crippen LogP contribution in [0.4, 0.5) is 0 Å². The van der Waals surface area contributed by atoms with E-state index >= 15 is 0 Å². The summed E-state index contributed by atoms with van der Waals surface area (Å²) >= 11 is 6.15. The van der Waals surface area contributed by atoms with Crippen molar-refractivity contribution in [1.29, 1.82) is 0 Å². The third-order valence-electron chi connectivity index (χ3n) is 2.66. The minimum atomic E-state index is 0.711. The highest BCUT2D eigenvalue weighted by Crippen LogP contribution is 2.18. The van der Waals surface area contributed by atoms with Crippen LogP contribution >= 0.6 is 11.6 Å². The third kappa shape index (κ3) is 4.94. The molecule has 18 heavy (non-hydrogen) atoms. The van der Waals surface area contributed by atoms with E-state index in [9.17, 15) is 0 Å². The predicted molar refractivity (Wildman–Crippen MR) is 74.0 cm³/mol. The van der Waals surface area contributed by atoms with Crippen LogP contribution < -0.4 is 5.32 Å². The maximum Gasteiger partial charge on any atom is 0.0860 e. The maximum absolute atomic E-state index is 6.15. The average Bonchev–Trinajstić information content (AvgIpc) is 2.53. The molecule has 1 aromatic rings. The molecule has 5 nitrogen and oxygen atoms in total. The van der Waals surface area contributed by atoms with Gasteiger partial charge in [0.1, 0.15) is 0 Å². The highest BCUT2D eigenvalue weighted by molar-refractivity contribution is 6.31. The van der Waals surface area contributed by atoms with Gasteiger partial charge in [0.15, 0.2) is 0 Å². The highest BCUT2D eigenvalue weighted by Gasteiger charge is 2.09. The molecule has 0 amide bonds. The van der Waals surface area contributed by atoms with Gasteiger partial charge < -0.3 is 15.0 Å². The number of aryl methyl sites for hydroxylation is 2. The van der Waals surface area contributed by atoms with Crippen molar-refractivity contribution >= 4 is 11.6 Å². The fourth-order valence-corrected chi connectivity index (χ4v) is 1.80. The zero-order chi connectivity index (χ0) is 13.5. The second kappa shape index (κ2) is 7.74. The van der Waals surface area contributed by atoms with Gasteiger partial charge in [-0.25, -0.2) is 0 Å². The number of hydrogen-bond acceptors (Lipinski definition) is 4. The van der Waals surface area contributed by atoms with Crippen LogP contribution in [0.15, 0.2) is 0 Å². The smallest absolute Gasteiger partial charge is 0.0860 e. The Bertz CT molecular complexity index is 365. The molecule has 0 aromatic carbocycles. The van der Waals surface area contributed by atoms with Crippen LogP contribution in [0.1, 0.15) is 11.4 Å². The van der Waals surface area contributed by atoms with Crippen molar-refractivity contribution in [1.82, 2.24) is 20.0 Å². The van der Waals surface area contributed by atoms with Gasteiger partial charge in [0.25, 0.3) is 0 Å². The van der Waals surface area contributed by atoms with Crippen LogP contribution in [0.25, 0.3) is 0 Å². The Kier molecular flexibility index (Phi) is 6.63. The standard InChI is InChI=1S/C12H23ClN4O/c1-10-12(13)11(17(4)15-10)9-14-5-7-18-8-6-16(2)3/h14H,5-9H2,1-4H3. The second-order valence-electron chi connectivity index (χ2n) is 4.56. The van der Waals surface area contributed by atoms with Gasteiger partial charge in [0, 0.05) is 26.7 Å². The number of halogens is 1. The van der Waals surface area contributed by atoms with Crippen molar-refractivity contribution in [2.24, 2.45) is 7.05 Å². The van der Waals surface area contributed by atoms with Gasteiger partial charge in [0.2, 0.25) is 0 Å². The molecule has 0 aliphatic rings. The van der Waals surface area contributed by atoms with Gasteiger partial charge in [-0.1, -0.05) is 11.6 Å². The van der Waals surface area contributed by atoms with Crippen molar-refractivity contribution in [3.63, 3.8) is 0 Å². The first-order valence-corrected chi connectivity index (χ1v) is 6.51. The van der Waals surface area contributed by atoms with E-state index in [1.165, 1.54) is 0 Å². The molecule has 1 heterocycles. The minimum Gasteiger partial charge on any atom is -0.379 e. The van der Waals surface area contributed by atoms with E-state index in [4.69, 9.17) is 16.3 Å². The Balaban J connectivity index is 2.14. The molecule has 104 valence electrons. The van der Waals surface area contributed by atoms with E-state index in [-0.39, 0.29) is 0 Å². The number of nitrogens with one attached hydrogen (secondary N) is 1. The van der Waals surface area contributed by atoms with E-state index in [0.29, 0.717) is 13.2 Å². The molecule has 0 aliphatic heterocycles. The van der Waals surface area contributed by atoms with Gasteiger partial charge in [0.05, 0.1) is 29.6 Å². The Morgan fingerprint density at radius 2 is 2.11 bits per heavy atom. The van der Waals surface area contributed by atoms with E-state index < -0.39 is 0 Å². The maximum atomic E-state index is 6.15. The summed E-state index contributed by atoms with van der Waals surface area (Å²) < 4.78 is 7.31. The monoisotopic (exact) mass is 274 g/mol. The summed E-state index contributed by atoms with van der Waals surface area (Å²) in [5, 5.41) is 8.32. The van der Waals surface area contributed by atoms with Crippen LogP contribution in [0, 0.1) is 6.92 Å². The lowest BCUT2D eigenvalue weighted by Crippen LogP contribution is -2.23. The SMILES string of the molecule is Cc1nn(C)c(CNCCOCCN(C)C)c1Cl. The largest absolute Gasteiger partial charge is 0.379 e. The van der Waals surface area contributed by atoms with Crippen molar-refractivity contribution < 1.29 is 4.74 Å². The molecule has 0 aliphatic carbocycles. The molecular weight excluding hydrogens is 252 g/mol. The summed E-state index contributed by atoms with van der Waals surface area (Å²) in [7, 11) is 5.98. The number of rotatable bonds is 8. The van der Waals surface area contributed by atoms with Crippen LogP contribution in [-0.4, -0.2) is 55.1 Å². The first-order chi connectivity index (χ1) is 8.52. The second-order valence-corrected chi connectivity index (χ2v) is 4.94. The Hall–Kier alpha value is -0.620. The highest BCUT2D eigenvalue weighted by atomic mass is 35.5. The van der Waals surface area contributed by atoms with Gasteiger partial charge >= 0.3 is 0 Å². The molecule has 1 N–H and O–H groups in total. The lowest BCUT2D eigenvalue weighted by atomic mass is 10.3. The molecule has 0 fully saturated rings. The van der Waals surface area contributed by atoms with Crippen LogP contribution in [0.2, 0.25) is 5.02 Å². The molecule has 0 unspecified atom stereocenters. The lowest BCUT2D eigenvalue weighted by Gasteiger charge is -2.10. The number of likely N-dealkylation sites (N-methyl/N-ethyl adjacent to an activating group) is 1. The first-order valence-electron chi connectivity index (χ1n) is 6.13. The van der Waals surface area contributed by atoms with E-state index in [2.05, 4.69) is 15.3 Å². The molecule has 0 saturated heterocycles. The third-order valence-corrected chi connectivity index (χ3v) is 3.15. The summed E-state index contributed by atoms with van der Waals surface area (Å²) in [6, 6.07) is 0. The topological polar surface area (TPSA) is 42.3 Å². The molecule has 0 radical (unpaired) electrons. The van der Waals surface area contributed by atoms with E-state index in [1.54, 1.807) is 0 Å². The quantitative estimate of drug-likeness (QED) is 0.720. The van der Waals surface area contributed by atoms with Gasteiger partial charge in [-0.3, -0.25) is 4.68 Å². The van der Waals surface area contributed by atoms with E-state index in [1.807, 2.05) is 32.7 Å². The average molecular weight is 275 g/mol.